The summed E-state index contributed by atoms with van der Waals surface area (Å²) in [5, 5.41) is 3.10. The van der Waals surface area contributed by atoms with Crippen molar-refractivity contribution in [3.05, 3.63) is 51.9 Å². The zero-order valence-corrected chi connectivity index (χ0v) is 18.7. The number of benzene rings is 1. The van der Waals surface area contributed by atoms with E-state index >= 15 is 0 Å². The smallest absolute Gasteiger partial charge is 0.287 e. The predicted molar refractivity (Wildman–Crippen MR) is 116 cm³/mol. The summed E-state index contributed by atoms with van der Waals surface area (Å²) in [6.45, 7) is 0. The van der Waals surface area contributed by atoms with Crippen molar-refractivity contribution in [1.29, 1.82) is 0 Å². The van der Waals surface area contributed by atoms with E-state index in [0.29, 0.717) is 5.02 Å². The van der Waals surface area contributed by atoms with Gasteiger partial charge >= 0.3 is 0 Å². The molecule has 0 aliphatic heterocycles. The lowest BCUT2D eigenvalue weighted by atomic mass is 9.39. The van der Waals surface area contributed by atoms with Crippen LogP contribution in [0.3, 0.4) is 0 Å². The van der Waals surface area contributed by atoms with Crippen LogP contribution in [0, 0.1) is 0 Å². The average molecular weight is 480 g/mol. The molecule has 1 aromatic carbocycles. The van der Waals surface area contributed by atoms with E-state index in [0.717, 1.165) is 40.7 Å². The van der Waals surface area contributed by atoms with E-state index in [1.165, 1.54) is 12.1 Å². The van der Waals surface area contributed by atoms with Crippen molar-refractivity contribution in [1.82, 2.24) is 10.3 Å². The number of furan rings is 1. The molecule has 1 atom stereocenters. The number of amides is 2. The molecular formula is C20H18ClN3O5S2. The first kappa shape index (κ1) is 20.5. The minimum Gasteiger partial charge on any atom is -0.454 e. The first-order valence-corrected chi connectivity index (χ1v) is 12.6. The van der Waals surface area contributed by atoms with Crippen LogP contribution in [-0.4, -0.2) is 37.0 Å². The highest BCUT2D eigenvalue weighted by Gasteiger charge is 2.70. The lowest BCUT2D eigenvalue weighted by Crippen LogP contribution is -2.76. The highest BCUT2D eigenvalue weighted by Crippen LogP contribution is 2.68. The molecular weight excluding hydrogens is 462 g/mol. The molecule has 3 aromatic rings. The normalized spacial score (nSPS) is 25.5. The summed E-state index contributed by atoms with van der Waals surface area (Å²) in [6, 6.07) is 8.28. The summed E-state index contributed by atoms with van der Waals surface area (Å²) in [5.41, 5.74) is 5.77. The molecule has 3 N–H and O–H groups in total. The van der Waals surface area contributed by atoms with Crippen LogP contribution in [0.2, 0.25) is 5.02 Å². The fourth-order valence-corrected chi connectivity index (χ4v) is 7.15. The Morgan fingerprint density at radius 1 is 1.26 bits per heavy atom. The summed E-state index contributed by atoms with van der Waals surface area (Å²) >= 11 is 7.69. The van der Waals surface area contributed by atoms with Gasteiger partial charge in [0.1, 0.15) is 10.8 Å². The quantitative estimate of drug-likeness (QED) is 0.558. The molecule has 2 heterocycles. The number of fused-ring (bicyclic) bond motifs is 1. The van der Waals surface area contributed by atoms with Crippen LogP contribution in [0.5, 0.6) is 0 Å². The summed E-state index contributed by atoms with van der Waals surface area (Å²) in [4.78, 5) is 28.9. The second kappa shape index (κ2) is 6.54. The van der Waals surface area contributed by atoms with Crippen LogP contribution in [0.25, 0.3) is 10.2 Å². The summed E-state index contributed by atoms with van der Waals surface area (Å²) < 4.78 is 30.1. The lowest BCUT2D eigenvalue weighted by Gasteiger charge is -2.69. The molecule has 31 heavy (non-hydrogen) atoms. The SMILES string of the molecule is CS(=O)(=O)C(C(N)=O)c1ccc(C(=O)NC23CC(c4nc5ccc(Cl)cc5s4)(C2)C3)o1. The maximum Gasteiger partial charge on any atom is 0.287 e. The maximum absolute atomic E-state index is 12.7. The van der Waals surface area contributed by atoms with Gasteiger partial charge in [-0.2, -0.15) is 0 Å². The first-order chi connectivity index (χ1) is 14.5. The number of hydrogen-bond donors (Lipinski definition) is 2. The van der Waals surface area contributed by atoms with Crippen LogP contribution in [0.4, 0.5) is 0 Å². The number of aromatic nitrogens is 1. The Balaban J connectivity index is 1.28. The van der Waals surface area contributed by atoms with Gasteiger partial charge in [-0.1, -0.05) is 11.6 Å². The van der Waals surface area contributed by atoms with Crippen LogP contribution in [0.1, 0.15) is 45.8 Å². The molecule has 3 fully saturated rings. The van der Waals surface area contributed by atoms with Crippen LogP contribution in [-0.2, 0) is 20.0 Å². The molecule has 3 aliphatic rings. The zero-order chi connectivity index (χ0) is 22.2. The van der Waals surface area contributed by atoms with Gasteiger partial charge in [-0.05, 0) is 49.6 Å². The largest absolute Gasteiger partial charge is 0.454 e. The molecule has 3 aliphatic carbocycles. The topological polar surface area (TPSA) is 132 Å². The highest BCUT2D eigenvalue weighted by atomic mass is 35.5. The van der Waals surface area contributed by atoms with Gasteiger partial charge in [0.05, 0.1) is 10.2 Å². The van der Waals surface area contributed by atoms with Gasteiger partial charge < -0.3 is 15.5 Å². The van der Waals surface area contributed by atoms with Gasteiger partial charge in [0.2, 0.25) is 5.91 Å². The molecule has 2 amide bonds. The first-order valence-electron chi connectivity index (χ1n) is 9.47. The molecule has 6 rings (SSSR count). The Bertz CT molecular complexity index is 1340. The number of hydrogen-bond acceptors (Lipinski definition) is 7. The molecule has 1 unspecified atom stereocenters. The van der Waals surface area contributed by atoms with Crippen molar-refractivity contribution >= 4 is 54.8 Å². The standard InChI is InChI=1S/C20H18ClN3O5S2/c1-31(27,28)15(16(22)25)12-4-5-13(29-12)17(26)24-20-7-19(8-20,9-20)18-23-11-3-2-10(21)6-14(11)30-18/h2-6,15H,7-9H2,1H3,(H2,22,25)(H,24,26). The fraction of sp³-hybridized carbons (Fsp3) is 0.350. The average Bonchev–Trinajstić information content (AvgIpc) is 3.21. The summed E-state index contributed by atoms with van der Waals surface area (Å²) in [7, 11) is -3.82. The van der Waals surface area contributed by atoms with Crippen molar-refractivity contribution in [2.45, 2.75) is 35.5 Å². The number of nitrogens with two attached hydrogens (primary N) is 1. The van der Waals surface area contributed by atoms with Gasteiger partial charge in [-0.3, -0.25) is 9.59 Å². The molecule has 3 saturated carbocycles. The number of thiazole rings is 1. The number of carbonyl (C=O) groups excluding carboxylic acids is 2. The molecule has 8 nitrogen and oxygen atoms in total. The van der Waals surface area contributed by atoms with Crippen molar-refractivity contribution in [3.63, 3.8) is 0 Å². The van der Waals surface area contributed by atoms with Gasteiger partial charge in [0, 0.05) is 22.2 Å². The van der Waals surface area contributed by atoms with Crippen molar-refractivity contribution in [3.8, 4) is 0 Å². The molecule has 2 bridgehead atoms. The molecule has 0 saturated heterocycles. The summed E-state index contributed by atoms with van der Waals surface area (Å²) in [5.74, 6) is -1.73. The second-order valence-electron chi connectivity index (χ2n) is 8.49. The Morgan fingerprint density at radius 2 is 1.97 bits per heavy atom. The number of sulfone groups is 1. The number of carbonyl (C=O) groups is 2. The monoisotopic (exact) mass is 479 g/mol. The van der Waals surface area contributed by atoms with E-state index in [2.05, 4.69) is 5.32 Å². The Morgan fingerprint density at radius 3 is 2.61 bits per heavy atom. The van der Waals surface area contributed by atoms with Gasteiger partial charge in [0.25, 0.3) is 5.91 Å². The van der Waals surface area contributed by atoms with Crippen molar-refractivity contribution < 1.29 is 22.4 Å². The maximum atomic E-state index is 12.7. The number of nitrogens with zero attached hydrogens (tertiary/aromatic N) is 1. The zero-order valence-electron chi connectivity index (χ0n) is 16.3. The molecule has 2 aromatic heterocycles. The van der Waals surface area contributed by atoms with Crippen molar-refractivity contribution in [2.75, 3.05) is 6.26 Å². The van der Waals surface area contributed by atoms with E-state index in [-0.39, 0.29) is 22.5 Å². The van der Waals surface area contributed by atoms with Crippen LogP contribution >= 0.6 is 22.9 Å². The van der Waals surface area contributed by atoms with E-state index < -0.39 is 26.9 Å². The number of rotatable bonds is 6. The Kier molecular flexibility index (Phi) is 4.32. The minimum absolute atomic E-state index is 0.0227. The predicted octanol–water partition coefficient (Wildman–Crippen LogP) is 2.72. The van der Waals surface area contributed by atoms with E-state index in [4.69, 9.17) is 26.7 Å². The van der Waals surface area contributed by atoms with Crippen LogP contribution in [0.15, 0.2) is 34.7 Å². The second-order valence-corrected chi connectivity index (χ2v) is 12.1. The van der Waals surface area contributed by atoms with E-state index in [1.807, 2.05) is 18.2 Å². The van der Waals surface area contributed by atoms with E-state index in [1.54, 1.807) is 11.3 Å². The third-order valence-corrected chi connectivity index (χ3v) is 8.83. The highest BCUT2D eigenvalue weighted by molar-refractivity contribution is 7.91. The van der Waals surface area contributed by atoms with Gasteiger partial charge in [0.15, 0.2) is 20.8 Å². The summed E-state index contributed by atoms with van der Waals surface area (Å²) in [6.07, 6.45) is 3.22. The van der Waals surface area contributed by atoms with Gasteiger partial charge in [-0.25, -0.2) is 13.4 Å². The van der Waals surface area contributed by atoms with Crippen molar-refractivity contribution in [2.24, 2.45) is 5.73 Å². The van der Waals surface area contributed by atoms with Gasteiger partial charge in [-0.15, -0.1) is 11.3 Å². The van der Waals surface area contributed by atoms with E-state index in [9.17, 15) is 18.0 Å². The molecule has 0 spiro atoms. The lowest BCUT2D eigenvalue weighted by molar-refractivity contribution is -0.118. The fourth-order valence-electron chi connectivity index (χ4n) is 4.75. The third kappa shape index (κ3) is 3.24. The Labute approximate surface area is 186 Å². The Hall–Kier alpha value is -2.43. The number of primary amides is 1. The molecule has 0 radical (unpaired) electrons. The molecule has 11 heteroatoms. The third-order valence-electron chi connectivity index (χ3n) is 6.01. The number of halogens is 1. The number of nitrogens with one attached hydrogen (secondary N) is 1. The minimum atomic E-state index is -3.82. The van der Waals surface area contributed by atoms with Crippen LogP contribution < -0.4 is 11.1 Å². The molecule has 162 valence electrons.